The van der Waals surface area contributed by atoms with Crippen molar-refractivity contribution in [2.45, 2.75) is 52.1 Å². The summed E-state index contributed by atoms with van der Waals surface area (Å²) >= 11 is 0. The molecule has 20 heavy (non-hydrogen) atoms. The molecule has 1 aliphatic heterocycles. The fourth-order valence-electron chi connectivity index (χ4n) is 2.39. The standard InChI is InChI=1S/C17H22O3/c1-12(2)10-15-16(20-17(3,4)19-15)14(18)11-13-8-6-5-7-9-13/h5-10,15-16H,11H2,1-4H3/t15-,16-/m0/s1. The van der Waals surface area contributed by atoms with Crippen molar-refractivity contribution in [2.75, 3.05) is 0 Å². The Hall–Kier alpha value is -1.45. The molecule has 0 spiro atoms. The van der Waals surface area contributed by atoms with Crippen LogP contribution in [0.3, 0.4) is 0 Å². The molecule has 0 N–H and O–H groups in total. The van der Waals surface area contributed by atoms with E-state index in [4.69, 9.17) is 9.47 Å². The third-order valence-electron chi connectivity index (χ3n) is 3.17. The van der Waals surface area contributed by atoms with Gasteiger partial charge < -0.3 is 9.47 Å². The SMILES string of the molecule is CC(C)=C[C@@H]1OC(C)(C)O[C@H]1C(=O)Cc1ccccc1. The van der Waals surface area contributed by atoms with E-state index >= 15 is 0 Å². The van der Waals surface area contributed by atoms with Crippen LogP contribution < -0.4 is 0 Å². The molecule has 3 heteroatoms. The highest BCUT2D eigenvalue weighted by atomic mass is 16.8. The normalized spacial score (nSPS) is 24.4. The summed E-state index contributed by atoms with van der Waals surface area (Å²) < 4.78 is 11.6. The number of ketones is 1. The molecule has 1 aromatic rings. The molecular weight excluding hydrogens is 252 g/mol. The number of hydrogen-bond donors (Lipinski definition) is 0. The second-order valence-electron chi connectivity index (χ2n) is 5.89. The van der Waals surface area contributed by atoms with E-state index in [0.717, 1.165) is 11.1 Å². The van der Waals surface area contributed by atoms with Gasteiger partial charge in [-0.2, -0.15) is 0 Å². The Morgan fingerprint density at radius 1 is 1.20 bits per heavy atom. The Morgan fingerprint density at radius 2 is 1.85 bits per heavy atom. The predicted molar refractivity (Wildman–Crippen MR) is 78.4 cm³/mol. The third-order valence-corrected chi connectivity index (χ3v) is 3.17. The molecule has 0 aromatic heterocycles. The van der Waals surface area contributed by atoms with E-state index in [9.17, 15) is 4.79 Å². The number of hydrogen-bond acceptors (Lipinski definition) is 3. The summed E-state index contributed by atoms with van der Waals surface area (Å²) in [6, 6.07) is 9.72. The molecule has 0 bridgehead atoms. The van der Waals surface area contributed by atoms with Gasteiger partial charge in [0.2, 0.25) is 0 Å². The number of carbonyl (C=O) groups is 1. The van der Waals surface area contributed by atoms with Crippen molar-refractivity contribution in [2.24, 2.45) is 0 Å². The van der Waals surface area contributed by atoms with Gasteiger partial charge in [0.05, 0.1) is 0 Å². The lowest BCUT2D eigenvalue weighted by Gasteiger charge is -2.16. The second-order valence-corrected chi connectivity index (χ2v) is 5.89. The Bertz CT molecular complexity index is 498. The first kappa shape index (κ1) is 14.9. The van der Waals surface area contributed by atoms with Crippen molar-refractivity contribution in [3.05, 3.63) is 47.5 Å². The van der Waals surface area contributed by atoms with Crippen LogP contribution in [-0.4, -0.2) is 23.8 Å². The molecule has 0 unspecified atom stereocenters. The monoisotopic (exact) mass is 274 g/mol. The third kappa shape index (κ3) is 3.78. The summed E-state index contributed by atoms with van der Waals surface area (Å²) in [4.78, 5) is 12.5. The number of allylic oxidation sites excluding steroid dienone is 1. The van der Waals surface area contributed by atoms with Gasteiger partial charge >= 0.3 is 0 Å². The van der Waals surface area contributed by atoms with Gasteiger partial charge in [0.15, 0.2) is 11.6 Å². The molecule has 2 atom stereocenters. The minimum absolute atomic E-state index is 0.0595. The van der Waals surface area contributed by atoms with Gasteiger partial charge in [-0.05, 0) is 33.3 Å². The average molecular weight is 274 g/mol. The maximum atomic E-state index is 12.5. The second kappa shape index (κ2) is 5.90. The molecule has 0 radical (unpaired) electrons. The van der Waals surface area contributed by atoms with E-state index in [-0.39, 0.29) is 11.9 Å². The number of Topliss-reactive ketones (excluding diaryl/α,β-unsaturated/α-hetero) is 1. The van der Waals surface area contributed by atoms with E-state index in [2.05, 4.69) is 0 Å². The van der Waals surface area contributed by atoms with Crippen molar-refractivity contribution in [1.82, 2.24) is 0 Å². The Balaban J connectivity index is 2.12. The lowest BCUT2D eigenvalue weighted by Crippen LogP contribution is -2.32. The maximum Gasteiger partial charge on any atom is 0.169 e. The molecule has 0 amide bonds. The molecule has 1 fully saturated rings. The van der Waals surface area contributed by atoms with E-state index in [1.165, 1.54) is 0 Å². The lowest BCUT2D eigenvalue weighted by molar-refractivity contribution is -0.153. The van der Waals surface area contributed by atoms with Crippen molar-refractivity contribution in [3.8, 4) is 0 Å². The average Bonchev–Trinajstić information content (AvgIpc) is 2.65. The van der Waals surface area contributed by atoms with Crippen molar-refractivity contribution in [3.63, 3.8) is 0 Å². The molecule has 1 aliphatic rings. The minimum atomic E-state index is -0.715. The van der Waals surface area contributed by atoms with E-state index in [0.29, 0.717) is 6.42 Å². The fraction of sp³-hybridized carbons (Fsp3) is 0.471. The van der Waals surface area contributed by atoms with Crippen LogP contribution in [0, 0.1) is 0 Å². The largest absolute Gasteiger partial charge is 0.340 e. The molecular formula is C17H22O3. The highest BCUT2D eigenvalue weighted by molar-refractivity contribution is 5.86. The number of carbonyl (C=O) groups excluding carboxylic acids is 1. The van der Waals surface area contributed by atoms with E-state index < -0.39 is 11.9 Å². The van der Waals surface area contributed by atoms with Crippen LogP contribution in [0.1, 0.15) is 33.3 Å². The van der Waals surface area contributed by atoms with E-state index in [1.54, 1.807) is 0 Å². The van der Waals surface area contributed by atoms with Crippen LogP contribution in [0.25, 0.3) is 0 Å². The lowest BCUT2D eigenvalue weighted by atomic mass is 10.0. The number of ether oxygens (including phenoxy) is 2. The van der Waals surface area contributed by atoms with Gasteiger partial charge in [0.25, 0.3) is 0 Å². The first-order chi connectivity index (χ1) is 9.37. The topological polar surface area (TPSA) is 35.5 Å². The minimum Gasteiger partial charge on any atom is -0.340 e. The Kier molecular flexibility index (Phi) is 4.41. The molecule has 2 rings (SSSR count). The zero-order valence-corrected chi connectivity index (χ0v) is 12.6. The summed E-state index contributed by atoms with van der Waals surface area (Å²) in [5.41, 5.74) is 2.12. The molecule has 3 nitrogen and oxygen atoms in total. The van der Waals surface area contributed by atoms with Crippen LogP contribution in [0.5, 0.6) is 0 Å². The van der Waals surface area contributed by atoms with Gasteiger partial charge in [-0.15, -0.1) is 0 Å². The van der Waals surface area contributed by atoms with Crippen LogP contribution in [0.2, 0.25) is 0 Å². The first-order valence-electron chi connectivity index (χ1n) is 6.95. The molecule has 1 saturated heterocycles. The van der Waals surface area contributed by atoms with Crippen molar-refractivity contribution in [1.29, 1.82) is 0 Å². The Labute approximate surface area is 120 Å². The molecule has 108 valence electrons. The van der Waals surface area contributed by atoms with Gasteiger partial charge in [-0.1, -0.05) is 42.0 Å². The summed E-state index contributed by atoms with van der Waals surface area (Å²) in [7, 11) is 0. The summed E-state index contributed by atoms with van der Waals surface area (Å²) in [6.45, 7) is 7.67. The van der Waals surface area contributed by atoms with Crippen LogP contribution in [-0.2, 0) is 20.7 Å². The van der Waals surface area contributed by atoms with E-state index in [1.807, 2.05) is 64.1 Å². The first-order valence-corrected chi connectivity index (χ1v) is 6.95. The summed E-state index contributed by atoms with van der Waals surface area (Å²) in [5, 5.41) is 0. The number of benzene rings is 1. The Morgan fingerprint density at radius 3 is 2.45 bits per heavy atom. The maximum absolute atomic E-state index is 12.5. The molecule has 1 aromatic carbocycles. The summed E-state index contributed by atoms with van der Waals surface area (Å²) in [6.07, 6.45) is 1.51. The van der Waals surface area contributed by atoms with Crippen LogP contribution >= 0.6 is 0 Å². The zero-order valence-electron chi connectivity index (χ0n) is 12.6. The van der Waals surface area contributed by atoms with Gasteiger partial charge in [-0.25, -0.2) is 0 Å². The highest BCUT2D eigenvalue weighted by Crippen LogP contribution is 2.30. The van der Waals surface area contributed by atoms with Crippen LogP contribution in [0.4, 0.5) is 0 Å². The summed E-state index contributed by atoms with van der Waals surface area (Å²) in [5.74, 6) is -0.655. The van der Waals surface area contributed by atoms with Gasteiger partial charge in [0.1, 0.15) is 12.2 Å². The molecule has 1 heterocycles. The molecule has 0 aliphatic carbocycles. The quantitative estimate of drug-likeness (QED) is 0.790. The molecule has 0 saturated carbocycles. The van der Waals surface area contributed by atoms with Crippen LogP contribution in [0.15, 0.2) is 42.0 Å². The van der Waals surface area contributed by atoms with Crippen molar-refractivity contribution >= 4 is 5.78 Å². The smallest absolute Gasteiger partial charge is 0.169 e. The van der Waals surface area contributed by atoms with Gasteiger partial charge in [0, 0.05) is 6.42 Å². The highest BCUT2D eigenvalue weighted by Gasteiger charge is 2.43. The predicted octanol–water partition coefficient (Wildman–Crippen LogP) is 3.28. The van der Waals surface area contributed by atoms with Gasteiger partial charge in [-0.3, -0.25) is 4.79 Å². The zero-order chi connectivity index (χ0) is 14.8. The fourth-order valence-corrected chi connectivity index (χ4v) is 2.39. The number of rotatable bonds is 4. The van der Waals surface area contributed by atoms with Crippen molar-refractivity contribution < 1.29 is 14.3 Å².